The summed E-state index contributed by atoms with van der Waals surface area (Å²) in [4.78, 5) is 23.5. The summed E-state index contributed by atoms with van der Waals surface area (Å²) in [6, 6.07) is 10.4. The molecule has 6 heteroatoms. The first kappa shape index (κ1) is 19.8. The lowest BCUT2D eigenvalue weighted by molar-refractivity contribution is -0.125. The number of fused-ring (bicyclic) bond motifs is 1. The maximum absolute atomic E-state index is 12.6. The number of carbonyl (C=O) groups excluding carboxylic acids is 1. The zero-order chi connectivity index (χ0) is 21.1. The molecule has 4 rings (SSSR count). The summed E-state index contributed by atoms with van der Waals surface area (Å²) >= 11 is 0. The highest BCUT2D eigenvalue weighted by Gasteiger charge is 2.27. The summed E-state index contributed by atoms with van der Waals surface area (Å²) in [5.74, 6) is 0.0744. The largest absolute Gasteiger partial charge is 0.370 e. The number of nitrogens with zero attached hydrogens (tertiary/aromatic N) is 4. The Kier molecular flexibility index (Phi) is 5.62. The van der Waals surface area contributed by atoms with Gasteiger partial charge < -0.3 is 10.2 Å². The predicted molar refractivity (Wildman–Crippen MR) is 117 cm³/mol. The van der Waals surface area contributed by atoms with Crippen LogP contribution in [0.3, 0.4) is 0 Å². The van der Waals surface area contributed by atoms with Crippen molar-refractivity contribution >= 4 is 22.5 Å². The average molecular weight is 399 g/mol. The molecule has 3 aromatic rings. The summed E-state index contributed by atoms with van der Waals surface area (Å²) < 4.78 is 0. The van der Waals surface area contributed by atoms with Crippen molar-refractivity contribution < 1.29 is 4.79 Å². The highest BCUT2D eigenvalue weighted by Crippen LogP contribution is 2.34. The Labute approximate surface area is 176 Å². The SMILES string of the molecule is Cc1cc(C)c2ncc(C#N)c(N3CCC(C(=O)NCc4cccnc4)CC3)c2c1. The number of rotatable bonds is 4. The van der Waals surface area contributed by atoms with E-state index in [9.17, 15) is 10.1 Å². The van der Waals surface area contributed by atoms with Gasteiger partial charge >= 0.3 is 0 Å². The van der Waals surface area contributed by atoms with Crippen LogP contribution in [0.5, 0.6) is 0 Å². The molecule has 1 fully saturated rings. The Bertz CT molecular complexity index is 1110. The van der Waals surface area contributed by atoms with Crippen LogP contribution in [0.25, 0.3) is 10.9 Å². The van der Waals surface area contributed by atoms with Gasteiger partial charge in [0, 0.05) is 49.5 Å². The highest BCUT2D eigenvalue weighted by atomic mass is 16.1. The number of hydrogen-bond acceptors (Lipinski definition) is 5. The number of carbonyl (C=O) groups is 1. The molecule has 1 amide bonds. The number of pyridine rings is 2. The third-order valence-corrected chi connectivity index (χ3v) is 5.77. The fourth-order valence-corrected chi connectivity index (χ4v) is 4.27. The van der Waals surface area contributed by atoms with E-state index < -0.39 is 0 Å². The Morgan fingerprint density at radius 2 is 2.07 bits per heavy atom. The molecular formula is C24H25N5O. The smallest absolute Gasteiger partial charge is 0.223 e. The van der Waals surface area contributed by atoms with Gasteiger partial charge in [0.1, 0.15) is 6.07 Å². The number of aryl methyl sites for hydroxylation is 2. The molecule has 2 aromatic heterocycles. The normalized spacial score (nSPS) is 14.5. The van der Waals surface area contributed by atoms with E-state index in [1.807, 2.05) is 12.1 Å². The van der Waals surface area contributed by atoms with Crippen molar-refractivity contribution in [2.24, 2.45) is 5.92 Å². The first-order chi connectivity index (χ1) is 14.6. The van der Waals surface area contributed by atoms with Crippen LogP contribution in [0.4, 0.5) is 5.69 Å². The van der Waals surface area contributed by atoms with E-state index >= 15 is 0 Å². The number of anilines is 1. The fraction of sp³-hybridized carbons (Fsp3) is 0.333. The molecule has 3 heterocycles. The lowest BCUT2D eigenvalue weighted by Crippen LogP contribution is -2.40. The summed E-state index contributed by atoms with van der Waals surface area (Å²) in [7, 11) is 0. The van der Waals surface area contributed by atoms with Gasteiger partial charge in [-0.3, -0.25) is 14.8 Å². The summed E-state index contributed by atoms with van der Waals surface area (Å²) in [5, 5.41) is 13.7. The van der Waals surface area contributed by atoms with Gasteiger partial charge in [-0.15, -0.1) is 0 Å². The third kappa shape index (κ3) is 3.97. The second-order valence-electron chi connectivity index (χ2n) is 7.95. The van der Waals surface area contributed by atoms with Crippen LogP contribution in [-0.2, 0) is 11.3 Å². The molecule has 0 atom stereocenters. The maximum Gasteiger partial charge on any atom is 0.223 e. The Hall–Kier alpha value is -3.46. The number of nitriles is 1. The van der Waals surface area contributed by atoms with Gasteiger partial charge in [-0.25, -0.2) is 0 Å². The molecule has 152 valence electrons. The van der Waals surface area contributed by atoms with Crippen LogP contribution in [-0.4, -0.2) is 29.0 Å². The van der Waals surface area contributed by atoms with Gasteiger partial charge in [-0.2, -0.15) is 5.26 Å². The first-order valence-corrected chi connectivity index (χ1v) is 10.3. The number of hydrogen-bond donors (Lipinski definition) is 1. The van der Waals surface area contributed by atoms with E-state index in [1.165, 1.54) is 0 Å². The van der Waals surface area contributed by atoms with E-state index in [0.29, 0.717) is 12.1 Å². The van der Waals surface area contributed by atoms with Crippen molar-refractivity contribution in [1.82, 2.24) is 15.3 Å². The predicted octanol–water partition coefficient (Wildman–Crippen LogP) is 3.65. The van der Waals surface area contributed by atoms with Crippen molar-refractivity contribution in [1.29, 1.82) is 5.26 Å². The Morgan fingerprint density at radius 3 is 2.77 bits per heavy atom. The molecular weight excluding hydrogens is 374 g/mol. The number of piperidine rings is 1. The minimum Gasteiger partial charge on any atom is -0.370 e. The molecule has 0 saturated carbocycles. The zero-order valence-electron chi connectivity index (χ0n) is 17.4. The summed E-state index contributed by atoms with van der Waals surface area (Å²) in [5.41, 5.74) is 5.74. The summed E-state index contributed by atoms with van der Waals surface area (Å²) in [6.45, 7) is 6.10. The van der Waals surface area contributed by atoms with Gasteiger partial charge in [-0.05, 0) is 49.9 Å². The van der Waals surface area contributed by atoms with Crippen LogP contribution in [0.2, 0.25) is 0 Å². The van der Waals surface area contributed by atoms with Gasteiger partial charge in [-0.1, -0.05) is 17.7 Å². The zero-order valence-corrected chi connectivity index (χ0v) is 17.4. The Morgan fingerprint density at radius 1 is 1.27 bits per heavy atom. The number of benzene rings is 1. The summed E-state index contributed by atoms with van der Waals surface area (Å²) in [6.07, 6.45) is 6.69. The molecule has 1 saturated heterocycles. The number of aromatic nitrogens is 2. The quantitative estimate of drug-likeness (QED) is 0.724. The molecule has 30 heavy (non-hydrogen) atoms. The van der Waals surface area contributed by atoms with Crippen molar-refractivity contribution in [3.63, 3.8) is 0 Å². The van der Waals surface area contributed by atoms with Crippen LogP contribution in [0.15, 0.2) is 42.9 Å². The molecule has 6 nitrogen and oxygen atoms in total. The van der Waals surface area contributed by atoms with Gasteiger partial charge in [0.2, 0.25) is 5.91 Å². The van der Waals surface area contributed by atoms with Gasteiger partial charge in [0.05, 0.1) is 16.8 Å². The maximum atomic E-state index is 12.6. The Balaban J connectivity index is 1.49. The van der Waals surface area contributed by atoms with E-state index in [0.717, 1.165) is 59.2 Å². The van der Waals surface area contributed by atoms with Crippen molar-refractivity contribution in [2.45, 2.75) is 33.2 Å². The average Bonchev–Trinajstić information content (AvgIpc) is 2.77. The monoisotopic (exact) mass is 399 g/mol. The van der Waals surface area contributed by atoms with E-state index in [2.05, 4.69) is 52.2 Å². The van der Waals surface area contributed by atoms with Gasteiger partial charge in [0.15, 0.2) is 0 Å². The van der Waals surface area contributed by atoms with Crippen LogP contribution in [0, 0.1) is 31.1 Å². The molecule has 0 bridgehead atoms. The molecule has 1 aliphatic heterocycles. The van der Waals surface area contributed by atoms with Crippen molar-refractivity contribution in [3.8, 4) is 6.07 Å². The molecule has 1 aliphatic rings. The van der Waals surface area contributed by atoms with E-state index in [-0.39, 0.29) is 11.8 Å². The van der Waals surface area contributed by atoms with Crippen molar-refractivity contribution in [3.05, 3.63) is 65.1 Å². The topological polar surface area (TPSA) is 81.9 Å². The second-order valence-corrected chi connectivity index (χ2v) is 7.95. The fourth-order valence-electron chi connectivity index (χ4n) is 4.27. The van der Waals surface area contributed by atoms with E-state index in [1.54, 1.807) is 18.6 Å². The van der Waals surface area contributed by atoms with Crippen molar-refractivity contribution in [2.75, 3.05) is 18.0 Å². The minimum atomic E-state index is -0.0139. The molecule has 0 spiro atoms. The lowest BCUT2D eigenvalue weighted by atomic mass is 9.94. The highest BCUT2D eigenvalue weighted by molar-refractivity contribution is 5.96. The van der Waals surface area contributed by atoms with Crippen LogP contribution in [0.1, 0.15) is 35.1 Å². The number of amides is 1. The van der Waals surface area contributed by atoms with Crippen LogP contribution < -0.4 is 10.2 Å². The second kappa shape index (κ2) is 8.50. The first-order valence-electron chi connectivity index (χ1n) is 10.3. The molecule has 0 aliphatic carbocycles. The molecule has 1 aromatic carbocycles. The number of nitrogens with one attached hydrogen (secondary N) is 1. The molecule has 1 N–H and O–H groups in total. The van der Waals surface area contributed by atoms with Crippen LogP contribution >= 0.6 is 0 Å². The molecule has 0 radical (unpaired) electrons. The molecule has 0 unspecified atom stereocenters. The third-order valence-electron chi connectivity index (χ3n) is 5.77. The lowest BCUT2D eigenvalue weighted by Gasteiger charge is -2.34. The van der Waals surface area contributed by atoms with Gasteiger partial charge in [0.25, 0.3) is 0 Å². The van der Waals surface area contributed by atoms with E-state index in [4.69, 9.17) is 0 Å². The minimum absolute atomic E-state index is 0.0139. The standard InChI is InChI=1S/C24H25N5O/c1-16-10-17(2)22-21(11-16)23(20(12-25)15-27-22)29-8-5-19(6-9-29)24(30)28-14-18-4-3-7-26-13-18/h3-4,7,10-11,13,15,19H,5-6,8-9,14H2,1-2H3,(H,28,30).